The summed E-state index contributed by atoms with van der Waals surface area (Å²) in [5.74, 6) is 0.323. The molecule has 2 aromatic carbocycles. The van der Waals surface area contributed by atoms with E-state index in [4.69, 9.17) is 16.3 Å². The van der Waals surface area contributed by atoms with Gasteiger partial charge in [0.15, 0.2) is 6.04 Å². The van der Waals surface area contributed by atoms with Crippen molar-refractivity contribution >= 4 is 23.2 Å². The van der Waals surface area contributed by atoms with Gasteiger partial charge in [-0.1, -0.05) is 11.6 Å². The Morgan fingerprint density at radius 3 is 2.41 bits per heavy atom. The number of anilines is 1. The van der Waals surface area contributed by atoms with Crippen LogP contribution in [0.5, 0.6) is 5.75 Å². The quantitative estimate of drug-likeness (QED) is 0.779. The second-order valence-electron chi connectivity index (χ2n) is 6.27. The number of alkyl halides is 3. The van der Waals surface area contributed by atoms with Gasteiger partial charge < -0.3 is 15.0 Å². The number of carbonyl (C=O) groups is 1. The molecular weight excluding hydrogens is 381 g/mol. The zero-order valence-electron chi connectivity index (χ0n) is 15.2. The molecule has 146 valence electrons. The molecule has 2 atom stereocenters. The third-order valence-corrected chi connectivity index (χ3v) is 4.66. The van der Waals surface area contributed by atoms with Gasteiger partial charge >= 0.3 is 6.18 Å². The molecule has 0 bridgehead atoms. The van der Waals surface area contributed by atoms with Crippen LogP contribution in [0.4, 0.5) is 18.9 Å². The number of nitrogens with one attached hydrogen (secondary N) is 2. The maximum Gasteiger partial charge on any atom is 0.416 e. The van der Waals surface area contributed by atoms with Crippen LogP contribution in [0.1, 0.15) is 18.1 Å². The Bertz CT molecular complexity index is 795. The van der Waals surface area contributed by atoms with E-state index in [1.54, 1.807) is 14.0 Å². The molecule has 2 aromatic rings. The number of halogens is 4. The van der Waals surface area contributed by atoms with Crippen LogP contribution in [0.3, 0.4) is 0 Å². The summed E-state index contributed by atoms with van der Waals surface area (Å²) in [6, 6.07) is 9.80. The molecule has 0 aliphatic heterocycles. The molecule has 2 N–H and O–H groups in total. The lowest BCUT2D eigenvalue weighted by Crippen LogP contribution is -3.12. The van der Waals surface area contributed by atoms with Crippen LogP contribution in [-0.4, -0.2) is 26.1 Å². The molecule has 4 nitrogen and oxygen atoms in total. The van der Waals surface area contributed by atoms with Crippen LogP contribution in [0, 0.1) is 0 Å². The van der Waals surface area contributed by atoms with Crippen LogP contribution in [-0.2, 0) is 17.5 Å². The number of likely N-dealkylation sites (N-methyl/N-ethyl adjacent to an activating group) is 1. The van der Waals surface area contributed by atoms with Gasteiger partial charge in [0.25, 0.3) is 5.91 Å². The largest absolute Gasteiger partial charge is 0.497 e. The number of hydrogen-bond acceptors (Lipinski definition) is 2. The molecule has 0 fully saturated rings. The zero-order valence-corrected chi connectivity index (χ0v) is 15.9. The SMILES string of the molecule is COc1ccc(C[NH+](C)[C@H](C)C(=O)Nc2cc(C(F)(F)F)ccc2Cl)cc1. The highest BCUT2D eigenvalue weighted by molar-refractivity contribution is 6.33. The minimum Gasteiger partial charge on any atom is -0.497 e. The molecule has 0 aliphatic rings. The average molecular weight is 402 g/mol. The van der Waals surface area contributed by atoms with Gasteiger partial charge in [-0.15, -0.1) is 0 Å². The van der Waals surface area contributed by atoms with Crippen LogP contribution < -0.4 is 15.0 Å². The third-order valence-electron chi connectivity index (χ3n) is 4.33. The first-order chi connectivity index (χ1) is 12.6. The second kappa shape index (κ2) is 8.63. The monoisotopic (exact) mass is 401 g/mol. The Morgan fingerprint density at radius 1 is 1.22 bits per heavy atom. The Morgan fingerprint density at radius 2 is 1.85 bits per heavy atom. The van der Waals surface area contributed by atoms with E-state index in [9.17, 15) is 18.0 Å². The first kappa shape index (κ1) is 21.1. The van der Waals surface area contributed by atoms with Gasteiger partial charge in [-0.25, -0.2) is 0 Å². The Labute approximate surface area is 160 Å². The molecule has 8 heteroatoms. The molecule has 1 amide bonds. The molecule has 0 radical (unpaired) electrons. The second-order valence-corrected chi connectivity index (χ2v) is 6.68. The summed E-state index contributed by atoms with van der Waals surface area (Å²) in [5, 5.41) is 2.55. The predicted molar refractivity (Wildman–Crippen MR) is 98.1 cm³/mol. The van der Waals surface area contributed by atoms with E-state index in [-0.39, 0.29) is 10.7 Å². The van der Waals surface area contributed by atoms with E-state index >= 15 is 0 Å². The van der Waals surface area contributed by atoms with Crippen molar-refractivity contribution < 1.29 is 27.6 Å². The lowest BCUT2D eigenvalue weighted by molar-refractivity contribution is -0.907. The normalized spacial score (nSPS) is 13.7. The highest BCUT2D eigenvalue weighted by atomic mass is 35.5. The summed E-state index contributed by atoms with van der Waals surface area (Å²) in [5.41, 5.74) is 0.0828. The van der Waals surface area contributed by atoms with E-state index in [2.05, 4.69) is 5.32 Å². The Hall–Kier alpha value is -2.25. The molecule has 1 unspecified atom stereocenters. The van der Waals surface area contributed by atoms with Crippen molar-refractivity contribution in [3.63, 3.8) is 0 Å². The molecule has 0 heterocycles. The van der Waals surface area contributed by atoms with E-state index < -0.39 is 23.7 Å². The van der Waals surface area contributed by atoms with Crippen molar-refractivity contribution in [2.75, 3.05) is 19.5 Å². The minimum absolute atomic E-state index is 0.0522. The number of benzene rings is 2. The van der Waals surface area contributed by atoms with E-state index in [0.29, 0.717) is 6.54 Å². The summed E-state index contributed by atoms with van der Waals surface area (Å²) in [6.45, 7) is 2.27. The van der Waals surface area contributed by atoms with E-state index in [0.717, 1.165) is 34.4 Å². The van der Waals surface area contributed by atoms with Gasteiger partial charge in [0.05, 0.1) is 30.4 Å². The number of carbonyl (C=O) groups excluding carboxylic acids is 1. The average Bonchev–Trinajstić information content (AvgIpc) is 2.62. The first-order valence-electron chi connectivity index (χ1n) is 8.24. The molecule has 27 heavy (non-hydrogen) atoms. The number of amides is 1. The molecule has 0 aromatic heterocycles. The van der Waals surface area contributed by atoms with Gasteiger partial charge in [0, 0.05) is 5.56 Å². The van der Waals surface area contributed by atoms with Crippen molar-refractivity contribution in [1.82, 2.24) is 0 Å². The Balaban J connectivity index is 2.06. The summed E-state index contributed by atoms with van der Waals surface area (Å²) >= 11 is 5.93. The molecule has 2 rings (SSSR count). The molecule has 0 spiro atoms. The lowest BCUT2D eigenvalue weighted by atomic mass is 10.1. The van der Waals surface area contributed by atoms with Crippen molar-refractivity contribution in [1.29, 1.82) is 0 Å². The van der Waals surface area contributed by atoms with Crippen molar-refractivity contribution in [2.24, 2.45) is 0 Å². The minimum atomic E-state index is -4.51. The number of hydrogen-bond donors (Lipinski definition) is 2. The topological polar surface area (TPSA) is 42.8 Å². The fourth-order valence-corrected chi connectivity index (χ4v) is 2.65. The highest BCUT2D eigenvalue weighted by Crippen LogP contribution is 2.33. The van der Waals surface area contributed by atoms with Crippen molar-refractivity contribution in [3.8, 4) is 5.75 Å². The van der Waals surface area contributed by atoms with Crippen LogP contribution in [0.25, 0.3) is 0 Å². The molecule has 0 aliphatic carbocycles. The van der Waals surface area contributed by atoms with Gasteiger partial charge in [-0.05, 0) is 49.4 Å². The Kier molecular flexibility index (Phi) is 6.73. The summed E-state index contributed by atoms with van der Waals surface area (Å²) in [6.07, 6.45) is -4.51. The summed E-state index contributed by atoms with van der Waals surface area (Å²) in [7, 11) is 3.42. The highest BCUT2D eigenvalue weighted by Gasteiger charge is 2.31. The lowest BCUT2D eigenvalue weighted by Gasteiger charge is -2.22. The predicted octanol–water partition coefficient (Wildman–Crippen LogP) is 3.41. The van der Waals surface area contributed by atoms with Crippen molar-refractivity contribution in [2.45, 2.75) is 25.7 Å². The fraction of sp³-hybridized carbons (Fsp3) is 0.316. The smallest absolute Gasteiger partial charge is 0.416 e. The number of rotatable bonds is 6. The standard InChI is InChI=1S/C19H20ClF3N2O2/c1-12(25(2)11-13-4-7-15(27-3)8-5-13)18(26)24-17-10-14(19(21,22)23)6-9-16(17)20/h4-10,12H,11H2,1-3H3,(H,24,26)/p+1/t12-/m1/s1. The molecular formula is C19H21ClF3N2O2+. The summed E-state index contributed by atoms with van der Waals surface area (Å²) < 4.78 is 43.7. The number of ether oxygens (including phenoxy) is 1. The number of methoxy groups -OCH3 is 1. The summed E-state index contributed by atoms with van der Waals surface area (Å²) in [4.78, 5) is 13.3. The maximum absolute atomic E-state index is 12.9. The fourth-order valence-electron chi connectivity index (χ4n) is 2.48. The zero-order chi connectivity index (χ0) is 20.2. The van der Waals surface area contributed by atoms with Gasteiger partial charge in [-0.3, -0.25) is 4.79 Å². The first-order valence-corrected chi connectivity index (χ1v) is 8.62. The van der Waals surface area contributed by atoms with E-state index in [1.807, 2.05) is 31.3 Å². The van der Waals surface area contributed by atoms with Gasteiger partial charge in [-0.2, -0.15) is 13.2 Å². The molecule has 0 saturated heterocycles. The van der Waals surface area contributed by atoms with Crippen LogP contribution >= 0.6 is 11.6 Å². The van der Waals surface area contributed by atoms with Crippen LogP contribution in [0.15, 0.2) is 42.5 Å². The van der Waals surface area contributed by atoms with Crippen LogP contribution in [0.2, 0.25) is 5.02 Å². The number of quaternary nitrogens is 1. The third kappa shape index (κ3) is 5.61. The maximum atomic E-state index is 12.9. The molecule has 0 saturated carbocycles. The van der Waals surface area contributed by atoms with Crippen molar-refractivity contribution in [3.05, 3.63) is 58.6 Å². The van der Waals surface area contributed by atoms with E-state index in [1.165, 1.54) is 0 Å². The van der Waals surface area contributed by atoms with Gasteiger partial charge in [0.1, 0.15) is 12.3 Å². The van der Waals surface area contributed by atoms with Gasteiger partial charge in [0.2, 0.25) is 0 Å².